The molecule has 0 radical (unpaired) electrons. The second kappa shape index (κ2) is 7.40. The molecule has 0 aliphatic rings. The zero-order valence-corrected chi connectivity index (χ0v) is 13.7. The highest BCUT2D eigenvalue weighted by Crippen LogP contribution is 2.22. The number of benzene rings is 2. The average Bonchev–Trinajstić information content (AvgIpc) is 2.57. The molecule has 0 saturated carbocycles. The molecule has 0 aliphatic carbocycles. The molecule has 126 valence electrons. The van der Waals surface area contributed by atoms with Crippen LogP contribution in [-0.4, -0.2) is 25.0 Å². The second-order valence-corrected chi connectivity index (χ2v) is 5.43. The monoisotopic (exact) mass is 353 g/mol. The van der Waals surface area contributed by atoms with Crippen molar-refractivity contribution in [3.63, 3.8) is 0 Å². The highest BCUT2D eigenvalue weighted by Gasteiger charge is 2.25. The first-order chi connectivity index (χ1) is 11.3. The summed E-state index contributed by atoms with van der Waals surface area (Å²) < 4.78 is 31.3. The van der Waals surface area contributed by atoms with Gasteiger partial charge in [-0.1, -0.05) is 29.8 Å². The summed E-state index contributed by atoms with van der Waals surface area (Å²) in [7, 11) is 1.53. The lowest BCUT2D eigenvalue weighted by molar-refractivity contribution is -0.126. The molecule has 0 bridgehead atoms. The smallest absolute Gasteiger partial charge is 0.340 e. The fraction of sp³-hybridized carbons (Fsp3) is 0.176. The van der Waals surface area contributed by atoms with E-state index in [1.165, 1.54) is 18.9 Å². The highest BCUT2D eigenvalue weighted by atomic mass is 35.5. The summed E-state index contributed by atoms with van der Waals surface area (Å²) in [5.41, 5.74) is 0.272. The van der Waals surface area contributed by atoms with Crippen LogP contribution in [0.15, 0.2) is 42.5 Å². The van der Waals surface area contributed by atoms with Crippen LogP contribution < -0.4 is 4.90 Å². The first-order valence-electron chi connectivity index (χ1n) is 6.99. The molecule has 0 heterocycles. The number of esters is 1. The molecule has 1 atom stereocenters. The van der Waals surface area contributed by atoms with Crippen molar-refractivity contribution in [2.24, 2.45) is 0 Å². The minimum Gasteiger partial charge on any atom is -0.449 e. The van der Waals surface area contributed by atoms with Gasteiger partial charge < -0.3 is 9.64 Å². The van der Waals surface area contributed by atoms with E-state index in [1.54, 1.807) is 30.3 Å². The molecule has 2 rings (SSSR count). The van der Waals surface area contributed by atoms with Crippen LogP contribution >= 0.6 is 11.6 Å². The molecule has 0 N–H and O–H groups in total. The van der Waals surface area contributed by atoms with Crippen molar-refractivity contribution >= 4 is 29.2 Å². The van der Waals surface area contributed by atoms with Crippen LogP contribution in [0, 0.1) is 11.6 Å². The average molecular weight is 354 g/mol. The van der Waals surface area contributed by atoms with Gasteiger partial charge in [-0.2, -0.15) is 0 Å². The maximum atomic E-state index is 13.2. The van der Waals surface area contributed by atoms with Gasteiger partial charge in [0.15, 0.2) is 17.7 Å². The van der Waals surface area contributed by atoms with E-state index in [9.17, 15) is 18.4 Å². The molecule has 2 aromatic rings. The van der Waals surface area contributed by atoms with Crippen LogP contribution in [0.3, 0.4) is 0 Å². The Morgan fingerprint density at radius 3 is 2.33 bits per heavy atom. The number of hydrogen-bond acceptors (Lipinski definition) is 3. The Bertz CT molecular complexity index is 768. The summed E-state index contributed by atoms with van der Waals surface area (Å²) in [5, 5.41) is -0.296. The molecule has 0 aromatic heterocycles. The minimum absolute atomic E-state index is 0.296. The summed E-state index contributed by atoms with van der Waals surface area (Å²) in [5.74, 6) is -3.90. The Hall–Kier alpha value is -2.47. The van der Waals surface area contributed by atoms with Gasteiger partial charge in [-0.15, -0.1) is 0 Å². The third-order valence-electron chi connectivity index (χ3n) is 3.34. The van der Waals surface area contributed by atoms with Crippen LogP contribution in [0.25, 0.3) is 0 Å². The lowest BCUT2D eigenvalue weighted by Gasteiger charge is -2.21. The van der Waals surface area contributed by atoms with Crippen molar-refractivity contribution in [3.8, 4) is 0 Å². The maximum absolute atomic E-state index is 13.2. The van der Waals surface area contributed by atoms with Gasteiger partial charge in [0.25, 0.3) is 5.91 Å². The van der Waals surface area contributed by atoms with E-state index in [-0.39, 0.29) is 10.6 Å². The summed E-state index contributed by atoms with van der Waals surface area (Å²) in [6.07, 6.45) is -1.13. The molecule has 0 saturated heterocycles. The minimum atomic E-state index is -1.23. The number of amides is 1. The van der Waals surface area contributed by atoms with E-state index >= 15 is 0 Å². The topological polar surface area (TPSA) is 46.6 Å². The molecule has 24 heavy (non-hydrogen) atoms. The predicted octanol–water partition coefficient (Wildman–Crippen LogP) is 3.83. The highest BCUT2D eigenvalue weighted by molar-refractivity contribution is 6.33. The van der Waals surface area contributed by atoms with Gasteiger partial charge in [-0.3, -0.25) is 4.79 Å². The molecule has 0 fully saturated rings. The fourth-order valence-electron chi connectivity index (χ4n) is 2.00. The van der Waals surface area contributed by atoms with Crippen LogP contribution in [0.4, 0.5) is 14.5 Å². The molecule has 0 aliphatic heterocycles. The first-order valence-corrected chi connectivity index (χ1v) is 7.37. The zero-order valence-electron chi connectivity index (χ0n) is 12.9. The summed E-state index contributed by atoms with van der Waals surface area (Å²) in [4.78, 5) is 25.7. The summed E-state index contributed by atoms with van der Waals surface area (Å²) in [6.45, 7) is 1.38. The normalized spacial score (nSPS) is 11.7. The number of anilines is 1. The van der Waals surface area contributed by atoms with Crippen molar-refractivity contribution in [2.75, 3.05) is 11.9 Å². The standard InChI is InChI=1S/C17H14ClF2NO3/c1-10(16(22)21(2)11-6-4-3-5-7-11)24-17(23)12-8-14(19)15(20)9-13(12)18/h3-10H,1-2H3. The van der Waals surface area contributed by atoms with Crippen molar-refractivity contribution in [1.29, 1.82) is 0 Å². The number of carbonyl (C=O) groups excluding carboxylic acids is 2. The Morgan fingerprint density at radius 2 is 1.71 bits per heavy atom. The number of carbonyl (C=O) groups is 2. The molecule has 0 spiro atoms. The number of likely N-dealkylation sites (N-methyl/N-ethyl adjacent to an activating group) is 1. The molecule has 7 heteroatoms. The van der Waals surface area contributed by atoms with E-state index in [1.807, 2.05) is 0 Å². The lowest BCUT2D eigenvalue weighted by Crippen LogP contribution is -2.37. The Morgan fingerprint density at radius 1 is 1.12 bits per heavy atom. The van der Waals surface area contributed by atoms with Crippen LogP contribution in [-0.2, 0) is 9.53 Å². The van der Waals surface area contributed by atoms with Crippen LogP contribution in [0.5, 0.6) is 0 Å². The van der Waals surface area contributed by atoms with Crippen molar-refractivity contribution in [2.45, 2.75) is 13.0 Å². The zero-order chi connectivity index (χ0) is 17.9. The maximum Gasteiger partial charge on any atom is 0.340 e. The van der Waals surface area contributed by atoms with Crippen LogP contribution in [0.2, 0.25) is 5.02 Å². The molecular formula is C17H14ClF2NO3. The third kappa shape index (κ3) is 3.89. The number of ether oxygens (including phenoxy) is 1. The van der Waals surface area contributed by atoms with Gasteiger partial charge in [0.2, 0.25) is 0 Å². The van der Waals surface area contributed by atoms with Gasteiger partial charge in [-0.05, 0) is 31.2 Å². The van der Waals surface area contributed by atoms with E-state index in [0.717, 1.165) is 0 Å². The summed E-state index contributed by atoms with van der Waals surface area (Å²) >= 11 is 5.71. The van der Waals surface area contributed by atoms with Crippen molar-refractivity contribution in [3.05, 3.63) is 64.7 Å². The van der Waals surface area contributed by atoms with Gasteiger partial charge in [0.1, 0.15) is 0 Å². The van der Waals surface area contributed by atoms with Gasteiger partial charge in [0, 0.05) is 12.7 Å². The van der Waals surface area contributed by atoms with Gasteiger partial charge >= 0.3 is 5.97 Å². The predicted molar refractivity (Wildman–Crippen MR) is 86.1 cm³/mol. The van der Waals surface area contributed by atoms with Crippen LogP contribution in [0.1, 0.15) is 17.3 Å². The SMILES string of the molecule is CC(OC(=O)c1cc(F)c(F)cc1Cl)C(=O)N(C)c1ccccc1. The molecule has 1 unspecified atom stereocenters. The first kappa shape index (κ1) is 17.9. The molecular weight excluding hydrogens is 340 g/mol. The number of nitrogens with zero attached hydrogens (tertiary/aromatic N) is 1. The number of hydrogen-bond donors (Lipinski definition) is 0. The van der Waals surface area contributed by atoms with E-state index in [0.29, 0.717) is 17.8 Å². The van der Waals surface area contributed by atoms with Crippen molar-refractivity contribution in [1.82, 2.24) is 0 Å². The third-order valence-corrected chi connectivity index (χ3v) is 3.65. The molecule has 2 aromatic carbocycles. The van der Waals surface area contributed by atoms with Crippen molar-refractivity contribution < 1.29 is 23.1 Å². The van der Waals surface area contributed by atoms with E-state index < -0.39 is 29.6 Å². The second-order valence-electron chi connectivity index (χ2n) is 5.03. The fourth-order valence-corrected chi connectivity index (χ4v) is 2.23. The number of halogens is 3. The van der Waals surface area contributed by atoms with E-state index in [2.05, 4.69) is 0 Å². The largest absolute Gasteiger partial charge is 0.449 e. The Balaban J connectivity index is 2.11. The lowest BCUT2D eigenvalue weighted by atomic mass is 10.2. The Labute approximate surface area is 142 Å². The van der Waals surface area contributed by atoms with Gasteiger partial charge in [0.05, 0.1) is 10.6 Å². The molecule has 4 nitrogen and oxygen atoms in total. The van der Waals surface area contributed by atoms with E-state index in [4.69, 9.17) is 16.3 Å². The number of para-hydroxylation sites is 1. The number of rotatable bonds is 4. The quantitative estimate of drug-likeness (QED) is 0.620. The van der Waals surface area contributed by atoms with Gasteiger partial charge in [-0.25, -0.2) is 13.6 Å². The summed E-state index contributed by atoms with van der Waals surface area (Å²) in [6, 6.07) is 10.1. The Kier molecular flexibility index (Phi) is 5.51. The molecule has 1 amide bonds.